The molecule has 8 heteroatoms. The van der Waals surface area contributed by atoms with E-state index in [2.05, 4.69) is 29.6 Å². The number of rotatable bonds is 36. The highest BCUT2D eigenvalue weighted by molar-refractivity contribution is 7.99. The van der Waals surface area contributed by atoms with Crippen LogP contribution in [0.4, 0.5) is 11.4 Å². The second-order valence-corrected chi connectivity index (χ2v) is 19.9. The summed E-state index contributed by atoms with van der Waals surface area (Å²) in [6.07, 6.45) is 42.5. The SMILES string of the molecule is [C-]#[N+]c1ccc(S(=O)(=O)CCCCCCCCCCCCCCCCCC)cc1C#N.[C-]#[N+]c1ccc(SCCCCCCCCCCCCCCCCCC)cc1C#N. The Morgan fingerprint density at radius 3 is 1.18 bits per heavy atom. The highest BCUT2D eigenvalue weighted by Crippen LogP contribution is 2.27. The predicted octanol–water partition coefficient (Wildman–Crippen LogP) is 17.6. The maximum Gasteiger partial charge on any atom is 0.204 e. The molecular formula is C52H80N4O2S2. The zero-order valence-corrected chi connectivity index (χ0v) is 39.6. The molecule has 2 aromatic carbocycles. The number of hydrogen-bond acceptors (Lipinski definition) is 5. The summed E-state index contributed by atoms with van der Waals surface area (Å²) in [6.45, 7) is 18.6. The minimum Gasteiger partial charge on any atom is -0.237 e. The van der Waals surface area contributed by atoms with E-state index in [0.717, 1.165) is 23.5 Å². The standard InChI is InChI=1S/C26H40N2O2S.C26H40N2S/c1-3-4-5-6-7-8-9-10-11-12-13-14-15-16-17-18-21-31(29,30)25-19-20-26(28-2)24(22-25)23-27;1-3-4-5-6-7-8-9-10-11-12-13-14-15-16-17-18-21-29-25-19-20-26(28-2)24(22-25)23-27/h19-20,22H,3-18,21H2,1H3;19-20,22H,3-18,21H2,1H3. The van der Waals surface area contributed by atoms with Crippen LogP contribution in [0.15, 0.2) is 46.2 Å². The summed E-state index contributed by atoms with van der Waals surface area (Å²) >= 11 is 1.80. The van der Waals surface area contributed by atoms with E-state index in [9.17, 15) is 8.42 Å². The Morgan fingerprint density at radius 1 is 0.483 bits per heavy atom. The molecule has 0 atom stereocenters. The first-order valence-electron chi connectivity index (χ1n) is 24.1. The van der Waals surface area contributed by atoms with Crippen LogP contribution in [0.2, 0.25) is 0 Å². The van der Waals surface area contributed by atoms with Crippen LogP contribution in [0, 0.1) is 35.8 Å². The molecule has 0 aliphatic carbocycles. The fourth-order valence-electron chi connectivity index (χ4n) is 7.49. The number of benzene rings is 2. The molecule has 0 radical (unpaired) electrons. The van der Waals surface area contributed by atoms with Crippen molar-refractivity contribution in [3.05, 3.63) is 70.4 Å². The van der Waals surface area contributed by atoms with E-state index in [0.29, 0.717) is 17.7 Å². The predicted molar refractivity (Wildman–Crippen MR) is 257 cm³/mol. The normalized spacial score (nSPS) is 10.9. The third kappa shape index (κ3) is 28.3. The molecule has 0 fully saturated rings. The van der Waals surface area contributed by atoms with Crippen LogP contribution in [-0.4, -0.2) is 19.9 Å². The van der Waals surface area contributed by atoms with E-state index in [-0.39, 0.29) is 21.9 Å². The number of hydrogen-bond donors (Lipinski definition) is 0. The summed E-state index contributed by atoms with van der Waals surface area (Å²) in [5, 5.41) is 18.2. The van der Waals surface area contributed by atoms with Gasteiger partial charge in [-0.2, -0.15) is 10.5 Å². The van der Waals surface area contributed by atoms with Gasteiger partial charge in [-0.25, -0.2) is 18.1 Å². The summed E-state index contributed by atoms with van der Waals surface area (Å²) in [4.78, 5) is 7.88. The number of nitriles is 2. The molecular weight excluding hydrogens is 777 g/mol. The molecule has 0 aliphatic heterocycles. The fraction of sp³-hybridized carbons (Fsp3) is 0.692. The molecule has 0 aliphatic rings. The Kier molecular flexibility index (Phi) is 35.2. The van der Waals surface area contributed by atoms with Gasteiger partial charge < -0.3 is 0 Å². The maximum absolute atomic E-state index is 12.5. The lowest BCUT2D eigenvalue weighted by atomic mass is 10.0. The first kappa shape index (κ1) is 54.7. The molecule has 2 rings (SSSR count). The van der Waals surface area contributed by atoms with Crippen molar-refractivity contribution in [1.29, 1.82) is 10.5 Å². The van der Waals surface area contributed by atoms with E-state index in [1.165, 1.54) is 204 Å². The zero-order valence-electron chi connectivity index (χ0n) is 37.9. The molecule has 332 valence electrons. The van der Waals surface area contributed by atoms with Crippen LogP contribution >= 0.6 is 11.8 Å². The highest BCUT2D eigenvalue weighted by Gasteiger charge is 2.16. The molecule has 0 saturated heterocycles. The van der Waals surface area contributed by atoms with Gasteiger partial charge in [-0.3, -0.25) is 0 Å². The smallest absolute Gasteiger partial charge is 0.204 e. The van der Waals surface area contributed by atoms with Crippen molar-refractivity contribution < 1.29 is 8.42 Å². The molecule has 2 aromatic rings. The van der Waals surface area contributed by atoms with Crippen molar-refractivity contribution in [2.24, 2.45) is 0 Å². The van der Waals surface area contributed by atoms with Gasteiger partial charge >= 0.3 is 0 Å². The topological polar surface area (TPSA) is 90.4 Å². The van der Waals surface area contributed by atoms with E-state index in [1.807, 2.05) is 18.2 Å². The molecule has 6 nitrogen and oxygen atoms in total. The molecule has 0 aromatic heterocycles. The van der Waals surface area contributed by atoms with E-state index >= 15 is 0 Å². The second kappa shape index (κ2) is 38.6. The van der Waals surface area contributed by atoms with Gasteiger partial charge in [0.2, 0.25) is 11.4 Å². The molecule has 0 saturated carbocycles. The third-order valence-electron chi connectivity index (χ3n) is 11.3. The largest absolute Gasteiger partial charge is 0.237 e. The van der Waals surface area contributed by atoms with Crippen molar-refractivity contribution in [2.45, 2.75) is 229 Å². The Bertz CT molecular complexity index is 1660. The van der Waals surface area contributed by atoms with Gasteiger partial charge in [0.15, 0.2) is 9.84 Å². The van der Waals surface area contributed by atoms with Crippen LogP contribution in [0.5, 0.6) is 0 Å². The van der Waals surface area contributed by atoms with Gasteiger partial charge in [0, 0.05) is 4.90 Å². The Balaban J connectivity index is 0.000000601. The van der Waals surface area contributed by atoms with E-state index < -0.39 is 9.84 Å². The maximum atomic E-state index is 12.5. The van der Waals surface area contributed by atoms with E-state index in [1.54, 1.807) is 17.8 Å². The minimum atomic E-state index is -3.39. The summed E-state index contributed by atoms with van der Waals surface area (Å²) in [6, 6.07) is 13.8. The van der Waals surface area contributed by atoms with Crippen LogP contribution in [0.25, 0.3) is 9.69 Å². The zero-order chi connectivity index (χ0) is 43.8. The van der Waals surface area contributed by atoms with Crippen molar-refractivity contribution in [3.63, 3.8) is 0 Å². The van der Waals surface area contributed by atoms with E-state index in [4.69, 9.17) is 23.7 Å². The summed E-state index contributed by atoms with van der Waals surface area (Å²) in [5.74, 6) is 1.20. The molecule has 0 amide bonds. The van der Waals surface area contributed by atoms with Crippen molar-refractivity contribution >= 4 is 33.0 Å². The molecule has 0 spiro atoms. The van der Waals surface area contributed by atoms with Crippen LogP contribution in [-0.2, 0) is 9.84 Å². The van der Waals surface area contributed by atoms with Crippen molar-refractivity contribution in [2.75, 3.05) is 11.5 Å². The molecule has 0 heterocycles. The number of thioether (sulfide) groups is 1. The summed E-state index contributed by atoms with van der Waals surface area (Å²) in [7, 11) is -3.39. The molecule has 60 heavy (non-hydrogen) atoms. The van der Waals surface area contributed by atoms with Gasteiger partial charge in [0.25, 0.3) is 0 Å². The minimum absolute atomic E-state index is 0.105. The van der Waals surface area contributed by atoms with Crippen LogP contribution in [0.3, 0.4) is 0 Å². The molecule has 0 bridgehead atoms. The fourth-order valence-corrected chi connectivity index (χ4v) is 9.83. The quantitative estimate of drug-likeness (QED) is 0.0387. The van der Waals surface area contributed by atoms with Crippen LogP contribution in [0.1, 0.15) is 230 Å². The highest BCUT2D eigenvalue weighted by atomic mass is 32.2. The van der Waals surface area contributed by atoms with Crippen molar-refractivity contribution in [1.82, 2.24) is 0 Å². The lowest BCUT2D eigenvalue weighted by Crippen LogP contribution is -2.07. The number of unbranched alkanes of at least 4 members (excludes halogenated alkanes) is 30. The van der Waals surface area contributed by atoms with Gasteiger partial charge in [-0.15, -0.1) is 11.8 Å². The lowest BCUT2D eigenvalue weighted by Gasteiger charge is -2.06. The monoisotopic (exact) mass is 857 g/mol. The van der Waals surface area contributed by atoms with Gasteiger partial charge in [0.1, 0.15) is 0 Å². The van der Waals surface area contributed by atoms with Gasteiger partial charge in [0.05, 0.1) is 47.1 Å². The number of sulfone groups is 1. The average molecular weight is 857 g/mol. The number of nitrogens with zero attached hydrogens (tertiary/aromatic N) is 4. The lowest BCUT2D eigenvalue weighted by molar-refractivity contribution is 0.531. The average Bonchev–Trinajstić information content (AvgIpc) is 3.27. The first-order chi connectivity index (χ1) is 29.4. The van der Waals surface area contributed by atoms with Crippen LogP contribution < -0.4 is 0 Å². The Hall–Kier alpha value is -3.30. The summed E-state index contributed by atoms with van der Waals surface area (Å²) in [5.41, 5.74) is 1.28. The first-order valence-corrected chi connectivity index (χ1v) is 26.7. The van der Waals surface area contributed by atoms with Gasteiger partial charge in [-0.1, -0.05) is 231 Å². The van der Waals surface area contributed by atoms with Gasteiger partial charge in [-0.05, 0) is 30.7 Å². The van der Waals surface area contributed by atoms with Crippen molar-refractivity contribution in [3.8, 4) is 12.1 Å². The second-order valence-electron chi connectivity index (χ2n) is 16.6. The molecule has 0 unspecified atom stereocenters. The Labute approximate surface area is 373 Å². The Morgan fingerprint density at radius 2 is 0.817 bits per heavy atom. The molecule has 0 N–H and O–H groups in total. The third-order valence-corrected chi connectivity index (χ3v) is 14.2. The summed E-state index contributed by atoms with van der Waals surface area (Å²) < 4.78 is 24.9.